The number of nitrogens with two attached hydrogens (primary N) is 1. The fraction of sp³-hybridized carbons (Fsp3) is 0.333. The number of hydrogen-bond donors (Lipinski definition) is 1. The van der Waals surface area contributed by atoms with E-state index < -0.39 is 0 Å². The van der Waals surface area contributed by atoms with Crippen molar-refractivity contribution in [2.24, 2.45) is 5.73 Å². The second-order valence-electron chi connectivity index (χ2n) is 4.01. The highest BCUT2D eigenvalue weighted by Gasteiger charge is 2.14. The van der Waals surface area contributed by atoms with Crippen LogP contribution in [-0.2, 0) is 6.42 Å². The van der Waals surface area contributed by atoms with Gasteiger partial charge in [0.2, 0.25) is 11.7 Å². The Balaban J connectivity index is 2.26. The molecule has 0 saturated heterocycles. The Morgan fingerprint density at radius 3 is 3.00 bits per heavy atom. The topological polar surface area (TPSA) is 64.9 Å². The summed E-state index contributed by atoms with van der Waals surface area (Å²) in [7, 11) is 0. The summed E-state index contributed by atoms with van der Waals surface area (Å²) >= 11 is 3.33. The molecule has 0 amide bonds. The molecule has 1 aromatic carbocycles. The van der Waals surface area contributed by atoms with Crippen molar-refractivity contribution in [1.29, 1.82) is 0 Å². The third-order valence-electron chi connectivity index (χ3n) is 2.60. The van der Waals surface area contributed by atoms with E-state index in [2.05, 4.69) is 26.1 Å². The molecule has 1 atom stereocenters. The molecule has 2 rings (SSSR count). The van der Waals surface area contributed by atoms with Crippen LogP contribution < -0.4 is 5.73 Å². The molecule has 96 valence electrons. The fourth-order valence-electron chi connectivity index (χ4n) is 1.48. The number of hydrogen-bond acceptors (Lipinski definition) is 4. The van der Waals surface area contributed by atoms with Crippen LogP contribution in [0, 0.1) is 5.82 Å². The van der Waals surface area contributed by atoms with Crippen molar-refractivity contribution in [2.75, 3.05) is 0 Å². The molecular formula is C12H13BrFN3O. The Labute approximate surface area is 113 Å². The molecule has 0 aliphatic heterocycles. The standard InChI is InChI=1S/C12H13BrFN3O/c1-2-8(15)6-11-16-12(17-18-11)9-5-7(14)3-4-10(9)13/h3-5,8H,2,6,15H2,1H3. The van der Waals surface area contributed by atoms with E-state index in [9.17, 15) is 4.39 Å². The second-order valence-corrected chi connectivity index (χ2v) is 4.86. The number of benzene rings is 1. The average Bonchev–Trinajstić information content (AvgIpc) is 2.80. The van der Waals surface area contributed by atoms with Crippen LogP contribution in [0.5, 0.6) is 0 Å². The van der Waals surface area contributed by atoms with E-state index in [4.69, 9.17) is 10.3 Å². The van der Waals surface area contributed by atoms with Gasteiger partial charge in [-0.25, -0.2) is 4.39 Å². The van der Waals surface area contributed by atoms with E-state index in [1.165, 1.54) is 12.1 Å². The molecule has 1 aromatic heterocycles. The van der Waals surface area contributed by atoms with Crippen molar-refractivity contribution in [2.45, 2.75) is 25.8 Å². The second kappa shape index (κ2) is 5.58. The Bertz CT molecular complexity index is 544. The lowest BCUT2D eigenvalue weighted by atomic mass is 10.2. The highest BCUT2D eigenvalue weighted by Crippen LogP contribution is 2.26. The summed E-state index contributed by atoms with van der Waals surface area (Å²) in [6.07, 6.45) is 1.36. The van der Waals surface area contributed by atoms with Crippen molar-refractivity contribution in [3.05, 3.63) is 34.4 Å². The summed E-state index contributed by atoms with van der Waals surface area (Å²) in [5.41, 5.74) is 6.37. The van der Waals surface area contributed by atoms with Gasteiger partial charge in [-0.05, 0) is 24.6 Å². The maximum absolute atomic E-state index is 13.2. The molecular weight excluding hydrogens is 301 g/mol. The maximum atomic E-state index is 13.2. The van der Waals surface area contributed by atoms with E-state index in [0.717, 1.165) is 10.9 Å². The van der Waals surface area contributed by atoms with E-state index in [1.807, 2.05) is 6.92 Å². The quantitative estimate of drug-likeness (QED) is 0.942. The van der Waals surface area contributed by atoms with Crippen LogP contribution in [0.25, 0.3) is 11.4 Å². The van der Waals surface area contributed by atoms with E-state index >= 15 is 0 Å². The molecule has 0 bridgehead atoms. The molecule has 1 heterocycles. The van der Waals surface area contributed by atoms with Crippen molar-refractivity contribution in [3.63, 3.8) is 0 Å². The highest BCUT2D eigenvalue weighted by molar-refractivity contribution is 9.10. The summed E-state index contributed by atoms with van der Waals surface area (Å²) in [6.45, 7) is 1.99. The van der Waals surface area contributed by atoms with Crippen LogP contribution in [0.3, 0.4) is 0 Å². The number of nitrogens with zero attached hydrogens (tertiary/aromatic N) is 2. The maximum Gasteiger partial charge on any atom is 0.228 e. The summed E-state index contributed by atoms with van der Waals surface area (Å²) in [5.74, 6) is 0.486. The van der Waals surface area contributed by atoms with Crippen LogP contribution in [-0.4, -0.2) is 16.2 Å². The Kier molecular flexibility index (Phi) is 4.08. The average molecular weight is 314 g/mol. The first-order valence-electron chi connectivity index (χ1n) is 5.63. The molecule has 2 N–H and O–H groups in total. The van der Waals surface area contributed by atoms with E-state index in [0.29, 0.717) is 23.7 Å². The molecule has 0 aliphatic carbocycles. The van der Waals surface area contributed by atoms with Crippen molar-refractivity contribution in [1.82, 2.24) is 10.1 Å². The molecule has 0 radical (unpaired) electrons. The minimum Gasteiger partial charge on any atom is -0.339 e. The third-order valence-corrected chi connectivity index (χ3v) is 3.29. The molecule has 4 nitrogen and oxygen atoms in total. The molecule has 0 spiro atoms. The minimum atomic E-state index is -0.343. The zero-order valence-corrected chi connectivity index (χ0v) is 11.4. The normalized spacial score (nSPS) is 12.7. The molecule has 1 unspecified atom stereocenters. The largest absolute Gasteiger partial charge is 0.339 e. The van der Waals surface area contributed by atoms with Gasteiger partial charge < -0.3 is 10.3 Å². The predicted octanol–water partition coefficient (Wildman–Crippen LogP) is 2.92. The van der Waals surface area contributed by atoms with Gasteiger partial charge in [0.05, 0.1) is 0 Å². The lowest BCUT2D eigenvalue weighted by Gasteiger charge is -2.02. The highest BCUT2D eigenvalue weighted by atomic mass is 79.9. The monoisotopic (exact) mass is 313 g/mol. The smallest absolute Gasteiger partial charge is 0.228 e. The molecule has 0 aliphatic rings. The molecule has 2 aromatic rings. The number of halogens is 2. The van der Waals surface area contributed by atoms with Gasteiger partial charge in [-0.2, -0.15) is 4.98 Å². The Morgan fingerprint density at radius 2 is 2.28 bits per heavy atom. The number of aromatic nitrogens is 2. The van der Waals surface area contributed by atoms with Crippen molar-refractivity contribution in [3.8, 4) is 11.4 Å². The summed E-state index contributed by atoms with van der Waals surface area (Å²) in [6, 6.07) is 4.33. The zero-order chi connectivity index (χ0) is 13.1. The van der Waals surface area contributed by atoms with Gasteiger partial charge in [0, 0.05) is 22.5 Å². The van der Waals surface area contributed by atoms with Gasteiger partial charge in [-0.1, -0.05) is 28.0 Å². The lowest BCUT2D eigenvalue weighted by Crippen LogP contribution is -2.21. The van der Waals surface area contributed by atoms with E-state index in [1.54, 1.807) is 6.07 Å². The third kappa shape index (κ3) is 2.94. The van der Waals surface area contributed by atoms with Crippen LogP contribution in [0.4, 0.5) is 4.39 Å². The van der Waals surface area contributed by atoms with Crippen LogP contribution >= 0.6 is 15.9 Å². The fourth-order valence-corrected chi connectivity index (χ4v) is 1.91. The Morgan fingerprint density at radius 1 is 1.50 bits per heavy atom. The molecule has 18 heavy (non-hydrogen) atoms. The van der Waals surface area contributed by atoms with Gasteiger partial charge >= 0.3 is 0 Å². The van der Waals surface area contributed by atoms with Gasteiger partial charge in [0.15, 0.2) is 0 Å². The van der Waals surface area contributed by atoms with Crippen LogP contribution in [0.1, 0.15) is 19.2 Å². The van der Waals surface area contributed by atoms with E-state index in [-0.39, 0.29) is 11.9 Å². The predicted molar refractivity (Wildman–Crippen MR) is 69.4 cm³/mol. The van der Waals surface area contributed by atoms with Crippen molar-refractivity contribution < 1.29 is 8.91 Å². The van der Waals surface area contributed by atoms with Gasteiger partial charge in [0.25, 0.3) is 0 Å². The van der Waals surface area contributed by atoms with Crippen molar-refractivity contribution >= 4 is 15.9 Å². The summed E-state index contributed by atoms with van der Waals surface area (Å²) in [4.78, 5) is 4.22. The number of rotatable bonds is 4. The van der Waals surface area contributed by atoms with Gasteiger partial charge in [-0.3, -0.25) is 0 Å². The first-order chi connectivity index (χ1) is 8.60. The lowest BCUT2D eigenvalue weighted by molar-refractivity contribution is 0.368. The molecule has 0 fully saturated rings. The minimum absolute atomic E-state index is 0.00532. The summed E-state index contributed by atoms with van der Waals surface area (Å²) in [5, 5.41) is 3.84. The first kappa shape index (κ1) is 13.2. The molecule has 6 heteroatoms. The zero-order valence-electron chi connectivity index (χ0n) is 9.86. The Hall–Kier alpha value is -1.27. The SMILES string of the molecule is CCC(N)Cc1nc(-c2cc(F)ccc2Br)no1. The van der Waals surface area contributed by atoms with Gasteiger partial charge in [-0.15, -0.1) is 0 Å². The molecule has 0 saturated carbocycles. The van der Waals surface area contributed by atoms with Crippen LogP contribution in [0.2, 0.25) is 0 Å². The first-order valence-corrected chi connectivity index (χ1v) is 6.43. The summed E-state index contributed by atoms with van der Waals surface area (Å²) < 4.78 is 19.0. The van der Waals surface area contributed by atoms with Gasteiger partial charge in [0.1, 0.15) is 5.82 Å². The van der Waals surface area contributed by atoms with Crippen LogP contribution in [0.15, 0.2) is 27.2 Å².